The van der Waals surface area contributed by atoms with Crippen LogP contribution in [-0.4, -0.2) is 64.8 Å². The van der Waals surface area contributed by atoms with E-state index in [9.17, 15) is 33.9 Å². The Morgan fingerprint density at radius 3 is 1.67 bits per heavy atom. The van der Waals surface area contributed by atoms with E-state index in [-0.39, 0.29) is 31.1 Å². The van der Waals surface area contributed by atoms with Crippen LogP contribution in [0.15, 0.2) is 0 Å². The van der Waals surface area contributed by atoms with Crippen molar-refractivity contribution in [2.24, 2.45) is 29.0 Å². The molecule has 33 heavy (non-hydrogen) atoms. The van der Waals surface area contributed by atoms with Crippen molar-refractivity contribution >= 4 is 35.5 Å². The van der Waals surface area contributed by atoms with E-state index in [0.29, 0.717) is 0 Å². The molecule has 13 heteroatoms. The molecule has 0 aliphatic carbocycles. The highest BCUT2D eigenvalue weighted by Crippen LogP contribution is 2.07. The average molecular weight is 473 g/mol. The lowest BCUT2D eigenvalue weighted by Crippen LogP contribution is -2.58. The molecule has 10 N–H and O–H groups in total. The predicted molar refractivity (Wildman–Crippen MR) is 118 cm³/mol. The molecule has 0 fully saturated rings. The monoisotopic (exact) mass is 472 g/mol. The molecule has 0 aromatic carbocycles. The number of aliphatic carboxylic acids is 1. The second kappa shape index (κ2) is 14.0. The predicted octanol–water partition coefficient (Wildman–Crippen LogP) is -2.30. The van der Waals surface area contributed by atoms with E-state index in [4.69, 9.17) is 17.2 Å². The molecule has 0 spiro atoms. The molecule has 188 valence electrons. The fraction of sp³-hybridized carbons (Fsp3) is 0.700. The van der Waals surface area contributed by atoms with Gasteiger partial charge in [0.05, 0.1) is 12.5 Å². The Morgan fingerprint density at radius 2 is 1.24 bits per heavy atom. The molecule has 0 saturated carbocycles. The molecule has 0 aromatic heterocycles. The molecule has 0 rings (SSSR count). The summed E-state index contributed by atoms with van der Waals surface area (Å²) in [4.78, 5) is 71.8. The maximum absolute atomic E-state index is 12.8. The van der Waals surface area contributed by atoms with Crippen LogP contribution in [0.5, 0.6) is 0 Å². The highest BCUT2D eigenvalue weighted by Gasteiger charge is 2.31. The summed E-state index contributed by atoms with van der Waals surface area (Å²) in [6.07, 6.45) is -0.943. The van der Waals surface area contributed by atoms with Gasteiger partial charge >= 0.3 is 5.97 Å². The first-order valence-corrected chi connectivity index (χ1v) is 10.6. The van der Waals surface area contributed by atoms with Crippen molar-refractivity contribution < 1.29 is 33.9 Å². The number of hydrogen-bond acceptors (Lipinski definition) is 7. The quantitative estimate of drug-likeness (QED) is 0.136. The van der Waals surface area contributed by atoms with Crippen LogP contribution >= 0.6 is 0 Å². The Bertz CT molecular complexity index is 740. The van der Waals surface area contributed by atoms with E-state index in [1.807, 2.05) is 0 Å². The average Bonchev–Trinajstić information content (AvgIpc) is 2.67. The number of nitrogens with two attached hydrogens (primary N) is 3. The molecule has 0 bridgehead atoms. The van der Waals surface area contributed by atoms with E-state index in [1.54, 1.807) is 27.7 Å². The zero-order valence-electron chi connectivity index (χ0n) is 19.4. The smallest absolute Gasteiger partial charge is 0.326 e. The molecule has 5 amide bonds. The lowest BCUT2D eigenvalue weighted by atomic mass is 10.0. The van der Waals surface area contributed by atoms with Gasteiger partial charge in [0.15, 0.2) is 0 Å². The molecule has 0 saturated heterocycles. The first kappa shape index (κ1) is 29.8. The van der Waals surface area contributed by atoms with Gasteiger partial charge in [-0.3, -0.25) is 24.0 Å². The van der Waals surface area contributed by atoms with Crippen molar-refractivity contribution in [3.63, 3.8) is 0 Å². The summed E-state index contributed by atoms with van der Waals surface area (Å²) < 4.78 is 0. The fourth-order valence-electron chi connectivity index (χ4n) is 2.77. The van der Waals surface area contributed by atoms with Crippen molar-refractivity contribution in [1.29, 1.82) is 0 Å². The Kier molecular flexibility index (Phi) is 12.7. The molecular formula is C20H36N6O7. The third-order valence-electron chi connectivity index (χ3n) is 4.69. The van der Waals surface area contributed by atoms with Gasteiger partial charge in [-0.15, -0.1) is 0 Å². The Labute approximate surface area is 192 Å². The van der Waals surface area contributed by atoms with Crippen molar-refractivity contribution in [2.45, 2.75) is 77.5 Å². The van der Waals surface area contributed by atoms with Crippen LogP contribution in [-0.2, 0) is 28.8 Å². The van der Waals surface area contributed by atoms with Gasteiger partial charge in [0.25, 0.3) is 0 Å². The fourth-order valence-corrected chi connectivity index (χ4v) is 2.77. The molecule has 0 radical (unpaired) electrons. The van der Waals surface area contributed by atoms with Crippen LogP contribution < -0.4 is 33.2 Å². The van der Waals surface area contributed by atoms with E-state index >= 15 is 0 Å². The van der Waals surface area contributed by atoms with E-state index in [0.717, 1.165) is 0 Å². The van der Waals surface area contributed by atoms with Gasteiger partial charge in [-0.05, 0) is 24.7 Å². The number of carboxylic acid groups (broad SMARTS) is 1. The summed E-state index contributed by atoms with van der Waals surface area (Å²) in [6, 6.07) is -4.98. The van der Waals surface area contributed by atoms with Gasteiger partial charge in [-0.25, -0.2) is 4.79 Å². The summed E-state index contributed by atoms with van der Waals surface area (Å²) >= 11 is 0. The summed E-state index contributed by atoms with van der Waals surface area (Å²) in [6.45, 7) is 6.93. The molecule has 0 aliphatic rings. The third kappa shape index (κ3) is 11.8. The number of hydrogen-bond donors (Lipinski definition) is 7. The molecule has 0 aliphatic heterocycles. The van der Waals surface area contributed by atoms with Gasteiger partial charge in [-0.2, -0.15) is 0 Å². The first-order chi connectivity index (χ1) is 15.1. The summed E-state index contributed by atoms with van der Waals surface area (Å²) in [5.41, 5.74) is 16.1. The number of carboxylic acids is 1. The normalized spacial score (nSPS) is 14.6. The molecule has 0 aromatic rings. The minimum atomic E-state index is -1.50. The minimum absolute atomic E-state index is 0.0610. The van der Waals surface area contributed by atoms with Crippen molar-refractivity contribution in [1.82, 2.24) is 16.0 Å². The Morgan fingerprint density at radius 1 is 0.758 bits per heavy atom. The van der Waals surface area contributed by atoms with Crippen molar-refractivity contribution in [3.8, 4) is 0 Å². The maximum Gasteiger partial charge on any atom is 0.326 e. The number of rotatable bonds is 15. The maximum atomic E-state index is 12.8. The number of nitrogens with one attached hydrogen (secondary N) is 3. The third-order valence-corrected chi connectivity index (χ3v) is 4.69. The zero-order valence-corrected chi connectivity index (χ0v) is 19.4. The zero-order chi connectivity index (χ0) is 25.9. The molecule has 4 atom stereocenters. The van der Waals surface area contributed by atoms with Gasteiger partial charge in [0.1, 0.15) is 18.1 Å². The van der Waals surface area contributed by atoms with Gasteiger partial charge in [0, 0.05) is 6.42 Å². The largest absolute Gasteiger partial charge is 0.480 e. The van der Waals surface area contributed by atoms with E-state index in [1.165, 1.54) is 0 Å². The lowest BCUT2D eigenvalue weighted by molar-refractivity contribution is -0.143. The van der Waals surface area contributed by atoms with Crippen LogP contribution in [0.1, 0.15) is 53.4 Å². The number of carbonyl (C=O) groups is 6. The summed E-state index contributed by atoms with van der Waals surface area (Å²) in [7, 11) is 0. The second-order valence-electron chi connectivity index (χ2n) is 8.60. The van der Waals surface area contributed by atoms with Crippen LogP contribution in [0.2, 0.25) is 0 Å². The van der Waals surface area contributed by atoms with Gasteiger partial charge < -0.3 is 38.3 Å². The SMILES string of the molecule is CC(C)CC(NC(=O)C(CC(N)=O)NC(=O)C(CCC(N)=O)NC(=O)C(N)C(C)C)C(=O)O. The number of primary amides is 2. The second-order valence-corrected chi connectivity index (χ2v) is 8.60. The Balaban J connectivity index is 5.59. The topological polar surface area (TPSA) is 237 Å². The van der Waals surface area contributed by atoms with Crippen molar-refractivity contribution in [3.05, 3.63) is 0 Å². The summed E-state index contributed by atoms with van der Waals surface area (Å²) in [5, 5.41) is 16.3. The molecule has 4 unspecified atom stereocenters. The van der Waals surface area contributed by atoms with E-state index < -0.39 is 66.1 Å². The minimum Gasteiger partial charge on any atom is -0.480 e. The van der Waals surface area contributed by atoms with Gasteiger partial charge in [0.2, 0.25) is 29.5 Å². The standard InChI is InChI=1S/C20H36N6O7/c1-9(2)7-13(20(32)33)26-18(30)12(8-15(22)28)25-17(29)11(5-6-14(21)27)24-19(31)16(23)10(3)4/h9-13,16H,5-8,23H2,1-4H3,(H2,21,27)(H2,22,28)(H,24,31)(H,25,29)(H,26,30)(H,32,33). The summed E-state index contributed by atoms with van der Waals surface area (Å²) in [5.74, 6) is -5.72. The number of amides is 5. The van der Waals surface area contributed by atoms with Crippen LogP contribution in [0.3, 0.4) is 0 Å². The van der Waals surface area contributed by atoms with Gasteiger partial charge in [-0.1, -0.05) is 27.7 Å². The molecule has 13 nitrogen and oxygen atoms in total. The van der Waals surface area contributed by atoms with Crippen LogP contribution in [0.25, 0.3) is 0 Å². The van der Waals surface area contributed by atoms with Crippen molar-refractivity contribution in [2.75, 3.05) is 0 Å². The van der Waals surface area contributed by atoms with E-state index in [2.05, 4.69) is 16.0 Å². The molecule has 0 heterocycles. The van der Waals surface area contributed by atoms with Crippen LogP contribution in [0, 0.1) is 11.8 Å². The molecular weight excluding hydrogens is 436 g/mol. The first-order valence-electron chi connectivity index (χ1n) is 10.6. The highest BCUT2D eigenvalue weighted by molar-refractivity contribution is 5.96. The lowest BCUT2D eigenvalue weighted by Gasteiger charge is -2.25. The highest BCUT2D eigenvalue weighted by atomic mass is 16.4. The Hall–Kier alpha value is -3.22. The number of carbonyl (C=O) groups excluding carboxylic acids is 5. The van der Waals surface area contributed by atoms with Crippen LogP contribution in [0.4, 0.5) is 0 Å².